The lowest BCUT2D eigenvalue weighted by Gasteiger charge is -2.36. The average molecular weight is 505 g/mol. The molecule has 10 heteroatoms. The molecule has 0 saturated carbocycles. The smallest absolute Gasteiger partial charge is 0.384 e. The number of nitrogens with zero attached hydrogens (tertiary/aromatic N) is 4. The Labute approximate surface area is 208 Å². The predicted molar refractivity (Wildman–Crippen MR) is 125 cm³/mol. The highest BCUT2D eigenvalue weighted by atomic mass is 19.4. The van der Waals surface area contributed by atoms with E-state index >= 15 is 0 Å². The Balaban J connectivity index is 1.29. The first-order valence-corrected chi connectivity index (χ1v) is 12.3. The van der Waals surface area contributed by atoms with Crippen molar-refractivity contribution in [2.24, 2.45) is 11.3 Å². The molecule has 0 spiro atoms. The number of carbonyl (C=O) groups excluding carboxylic acids is 2. The fourth-order valence-corrected chi connectivity index (χ4v) is 6.01. The van der Waals surface area contributed by atoms with Gasteiger partial charge < -0.3 is 14.5 Å². The van der Waals surface area contributed by atoms with Crippen LogP contribution in [-0.4, -0.2) is 78.4 Å². The summed E-state index contributed by atoms with van der Waals surface area (Å²) in [6.07, 6.45) is 3.13. The fraction of sp³-hybridized carbons (Fsp3) is 0.577. The summed E-state index contributed by atoms with van der Waals surface area (Å²) in [5, 5.41) is 0. The number of allylic oxidation sites excluding steroid dienone is 2. The number of amides is 2. The number of likely N-dealkylation sites (tertiary alicyclic amines) is 2. The second-order valence-corrected chi connectivity index (χ2v) is 10.4. The van der Waals surface area contributed by atoms with Gasteiger partial charge >= 0.3 is 6.18 Å². The summed E-state index contributed by atoms with van der Waals surface area (Å²) in [7, 11) is 3.39. The van der Waals surface area contributed by atoms with Gasteiger partial charge in [-0.25, -0.2) is 0 Å². The lowest BCUT2D eigenvalue weighted by molar-refractivity contribution is -0.145. The van der Waals surface area contributed by atoms with Crippen LogP contribution in [0, 0.1) is 11.3 Å². The molecule has 36 heavy (non-hydrogen) atoms. The Morgan fingerprint density at radius 3 is 2.86 bits per heavy atom. The van der Waals surface area contributed by atoms with Crippen molar-refractivity contribution >= 4 is 11.8 Å². The molecule has 2 atom stereocenters. The number of alkyl halides is 3. The average Bonchev–Trinajstić information content (AvgIpc) is 3.38. The molecular weight excluding hydrogens is 473 g/mol. The van der Waals surface area contributed by atoms with E-state index in [1.807, 2.05) is 7.05 Å². The van der Waals surface area contributed by atoms with Crippen molar-refractivity contribution in [1.29, 1.82) is 0 Å². The second-order valence-electron chi connectivity index (χ2n) is 10.4. The van der Waals surface area contributed by atoms with E-state index in [1.54, 1.807) is 16.9 Å². The van der Waals surface area contributed by atoms with Crippen LogP contribution in [0.4, 0.5) is 13.2 Å². The fourth-order valence-electron chi connectivity index (χ4n) is 6.01. The Kier molecular flexibility index (Phi) is 6.45. The van der Waals surface area contributed by atoms with Gasteiger partial charge in [0.15, 0.2) is 0 Å². The minimum absolute atomic E-state index is 0.0768. The third-order valence-electron chi connectivity index (χ3n) is 7.97. The van der Waals surface area contributed by atoms with Crippen molar-refractivity contribution in [3.05, 3.63) is 52.5 Å². The van der Waals surface area contributed by atoms with Gasteiger partial charge in [0.25, 0.3) is 0 Å². The van der Waals surface area contributed by atoms with Gasteiger partial charge in [-0.05, 0) is 42.7 Å². The Hall–Kier alpha value is -2.72. The number of hydrogen-bond acceptors (Lipinski definition) is 5. The molecule has 0 bridgehead atoms. The number of aromatic nitrogens is 1. The highest BCUT2D eigenvalue weighted by molar-refractivity contribution is 5.84. The third-order valence-corrected chi connectivity index (χ3v) is 7.97. The van der Waals surface area contributed by atoms with Gasteiger partial charge in [0, 0.05) is 76.7 Å². The van der Waals surface area contributed by atoms with Gasteiger partial charge in [0.1, 0.15) is 0 Å². The minimum Gasteiger partial charge on any atom is -0.384 e. The molecule has 1 aliphatic carbocycles. The molecule has 0 N–H and O–H groups in total. The van der Waals surface area contributed by atoms with Crippen molar-refractivity contribution in [2.75, 3.05) is 46.9 Å². The summed E-state index contributed by atoms with van der Waals surface area (Å²) in [6, 6.07) is 1.12. The van der Waals surface area contributed by atoms with E-state index in [-0.39, 0.29) is 30.9 Å². The summed E-state index contributed by atoms with van der Waals surface area (Å²) in [5.41, 5.74) is 1.74. The summed E-state index contributed by atoms with van der Waals surface area (Å²) in [4.78, 5) is 35.5. The first kappa shape index (κ1) is 25.0. The molecular formula is C26H31F3N4O3. The normalized spacial score (nSPS) is 26.6. The second kappa shape index (κ2) is 9.30. The van der Waals surface area contributed by atoms with E-state index in [4.69, 9.17) is 4.74 Å². The van der Waals surface area contributed by atoms with Crippen LogP contribution in [0.3, 0.4) is 0 Å². The van der Waals surface area contributed by atoms with E-state index in [0.29, 0.717) is 50.2 Å². The Bertz CT molecular complexity index is 1130. The van der Waals surface area contributed by atoms with E-state index in [1.165, 1.54) is 0 Å². The molecule has 3 aliphatic heterocycles. The van der Waals surface area contributed by atoms with Gasteiger partial charge in [-0.2, -0.15) is 13.2 Å². The highest BCUT2D eigenvalue weighted by Gasteiger charge is 2.47. The zero-order valence-corrected chi connectivity index (χ0v) is 20.6. The third kappa shape index (κ3) is 4.56. The quantitative estimate of drug-likeness (QED) is 0.617. The minimum atomic E-state index is -4.47. The summed E-state index contributed by atoms with van der Waals surface area (Å²) >= 11 is 0. The first-order valence-electron chi connectivity index (χ1n) is 12.3. The van der Waals surface area contributed by atoms with Crippen molar-refractivity contribution in [3.8, 4) is 0 Å². The molecule has 2 saturated heterocycles. The van der Waals surface area contributed by atoms with Gasteiger partial charge in [0.05, 0.1) is 17.6 Å². The summed E-state index contributed by atoms with van der Waals surface area (Å²) < 4.78 is 45.1. The van der Waals surface area contributed by atoms with Gasteiger partial charge in [-0.3, -0.25) is 19.5 Å². The Morgan fingerprint density at radius 2 is 2.11 bits per heavy atom. The van der Waals surface area contributed by atoms with E-state index < -0.39 is 17.2 Å². The van der Waals surface area contributed by atoms with Crippen molar-refractivity contribution in [3.63, 3.8) is 0 Å². The van der Waals surface area contributed by atoms with Crippen molar-refractivity contribution in [2.45, 2.75) is 38.4 Å². The summed E-state index contributed by atoms with van der Waals surface area (Å²) in [5.74, 6) is 0.327. The van der Waals surface area contributed by atoms with Crippen molar-refractivity contribution in [1.82, 2.24) is 19.7 Å². The number of halogens is 3. The van der Waals surface area contributed by atoms with E-state index in [0.717, 1.165) is 36.5 Å². The number of fused-ring (bicyclic) bond motifs is 2. The molecule has 4 aliphatic rings. The number of carbonyl (C=O) groups is 2. The molecule has 2 unspecified atom stereocenters. The Morgan fingerprint density at radius 1 is 1.31 bits per heavy atom. The van der Waals surface area contributed by atoms with Crippen LogP contribution in [0.5, 0.6) is 0 Å². The van der Waals surface area contributed by atoms with Crippen molar-refractivity contribution < 1.29 is 27.5 Å². The maximum atomic E-state index is 13.8. The van der Waals surface area contributed by atoms with Crippen LogP contribution >= 0.6 is 0 Å². The lowest BCUT2D eigenvalue weighted by Crippen LogP contribution is -2.49. The van der Waals surface area contributed by atoms with Crippen LogP contribution in [0.2, 0.25) is 0 Å². The van der Waals surface area contributed by atoms with Gasteiger partial charge in [-0.1, -0.05) is 6.08 Å². The highest BCUT2D eigenvalue weighted by Crippen LogP contribution is 2.38. The first-order chi connectivity index (χ1) is 17.1. The van der Waals surface area contributed by atoms with Gasteiger partial charge in [-0.15, -0.1) is 0 Å². The molecule has 2 fully saturated rings. The maximum Gasteiger partial charge on any atom is 0.417 e. The summed E-state index contributed by atoms with van der Waals surface area (Å²) in [6.45, 7) is 2.72. The number of hydrogen-bond donors (Lipinski definition) is 0. The molecule has 1 aromatic heterocycles. The van der Waals surface area contributed by atoms with Crippen LogP contribution in [0.1, 0.15) is 36.1 Å². The van der Waals surface area contributed by atoms with Crippen LogP contribution in [-0.2, 0) is 33.5 Å². The number of ether oxygens (including phenoxy) is 1. The molecule has 5 rings (SSSR count). The molecule has 7 nitrogen and oxygen atoms in total. The monoisotopic (exact) mass is 504 g/mol. The van der Waals surface area contributed by atoms with E-state index in [2.05, 4.69) is 22.0 Å². The van der Waals surface area contributed by atoms with Crippen LogP contribution in [0.15, 0.2) is 35.7 Å². The molecule has 0 aromatic carbocycles. The number of pyridine rings is 1. The zero-order chi connectivity index (χ0) is 25.7. The molecule has 194 valence electrons. The number of rotatable bonds is 5. The molecule has 0 radical (unpaired) electrons. The standard InChI is InChI=1S/C26H31F3N4O3/c1-31-22-9-17(3-4-18(22)11-23(31)34)13-32-8-6-25(15-32,16-36-2)24(35)33-7-5-21-19(14-33)10-20(12-30-21)26(27,28)29/h3,9-10,12,18H,4-8,11,13-16H2,1-2H3. The van der Waals surface area contributed by atoms with Gasteiger partial charge in [0.2, 0.25) is 11.8 Å². The predicted octanol–water partition coefficient (Wildman–Crippen LogP) is 3.02. The largest absolute Gasteiger partial charge is 0.417 e. The topological polar surface area (TPSA) is 66.0 Å². The number of methoxy groups -OCH3 is 1. The van der Waals surface area contributed by atoms with E-state index in [9.17, 15) is 22.8 Å². The zero-order valence-electron chi connectivity index (χ0n) is 20.6. The van der Waals surface area contributed by atoms with Crippen LogP contribution < -0.4 is 0 Å². The lowest BCUT2D eigenvalue weighted by atomic mass is 9.85. The molecule has 4 heterocycles. The maximum absolute atomic E-state index is 13.8. The molecule has 2 amide bonds. The van der Waals surface area contributed by atoms with Crippen LogP contribution in [0.25, 0.3) is 0 Å². The molecule has 1 aromatic rings. The SMILES string of the molecule is COCC1(C(=O)N2CCc3ncc(C(F)(F)F)cc3C2)CCN(CC2=CCC3CC(=O)N(C)C3=C2)C1.